The average Bonchev–Trinajstić information content (AvgIpc) is 2.91. The molecule has 0 fully saturated rings. The lowest BCUT2D eigenvalue weighted by Crippen LogP contribution is -2.40. The SMILES string of the molecule is CC(C)(C)NC(=O)c1cc(/C(N)=C/N(N)c2ccc(C(=O)O)c(O)c2)nc(/C(N)=C/N(N)c2ccc(C(=O)O)c(O)c2)c1. The van der Waals surface area contributed by atoms with Crippen molar-refractivity contribution < 1.29 is 34.8 Å². The molecule has 0 bridgehead atoms. The van der Waals surface area contributed by atoms with Gasteiger partial charge in [-0.3, -0.25) is 14.8 Å². The van der Waals surface area contributed by atoms with Crippen LogP contribution in [0.4, 0.5) is 11.4 Å². The molecule has 0 atom stereocenters. The van der Waals surface area contributed by atoms with Crippen molar-refractivity contribution in [1.29, 1.82) is 0 Å². The van der Waals surface area contributed by atoms with Gasteiger partial charge in [0.25, 0.3) is 5.91 Å². The third-order valence-electron chi connectivity index (χ3n) is 5.74. The number of hydrogen-bond acceptors (Lipinski definition) is 12. The highest BCUT2D eigenvalue weighted by Crippen LogP contribution is 2.26. The predicted octanol–water partition coefficient (Wildman–Crippen LogP) is 1.69. The van der Waals surface area contributed by atoms with Gasteiger partial charge in [-0.1, -0.05) is 0 Å². The maximum atomic E-state index is 13.1. The first-order valence-electron chi connectivity index (χ1n) is 12.5. The number of nitrogens with two attached hydrogens (primary N) is 4. The van der Waals surface area contributed by atoms with Crippen LogP contribution in [-0.2, 0) is 0 Å². The van der Waals surface area contributed by atoms with E-state index in [0.29, 0.717) is 0 Å². The van der Waals surface area contributed by atoms with Gasteiger partial charge < -0.3 is 37.2 Å². The van der Waals surface area contributed by atoms with Gasteiger partial charge in [0, 0.05) is 35.6 Å². The van der Waals surface area contributed by atoms with Crippen molar-refractivity contribution in [3.63, 3.8) is 0 Å². The number of hydrogen-bond donors (Lipinski definition) is 9. The number of carbonyl (C=O) groups is 3. The van der Waals surface area contributed by atoms with Crippen molar-refractivity contribution in [2.24, 2.45) is 23.2 Å². The lowest BCUT2D eigenvalue weighted by Gasteiger charge is -2.21. The minimum absolute atomic E-state index is 0.0254. The number of pyridine rings is 1. The highest BCUT2D eigenvalue weighted by molar-refractivity contribution is 5.96. The highest BCUT2D eigenvalue weighted by Gasteiger charge is 2.19. The van der Waals surface area contributed by atoms with Crippen molar-refractivity contribution in [1.82, 2.24) is 10.3 Å². The molecular formula is C28H32N8O7. The van der Waals surface area contributed by atoms with Crippen molar-refractivity contribution in [3.05, 3.63) is 89.0 Å². The highest BCUT2D eigenvalue weighted by atomic mass is 16.4. The summed E-state index contributed by atoms with van der Waals surface area (Å²) in [4.78, 5) is 39.9. The van der Waals surface area contributed by atoms with E-state index in [1.807, 2.05) is 0 Å². The molecule has 0 aliphatic rings. The topological polar surface area (TPSA) is 268 Å². The molecule has 3 rings (SSSR count). The standard InChI is InChI=1S/C28H32N8O7/c1-28(2,3)34-25(39)14-8-21(19(29)12-35(31)15-4-6-17(26(40)41)23(37)10-15)33-22(9-14)20(30)13-36(32)16-5-7-18(27(42)43)24(38)11-16/h4-13,37-38H,29-32H2,1-3H3,(H,34,39)(H,40,41)(H,42,43)/b19-12-,20-13-. The fraction of sp³-hybridized carbons (Fsp3) is 0.143. The van der Waals surface area contributed by atoms with E-state index in [9.17, 15) is 24.6 Å². The predicted molar refractivity (Wildman–Crippen MR) is 159 cm³/mol. The molecule has 0 aliphatic carbocycles. The Morgan fingerprint density at radius 1 is 0.767 bits per heavy atom. The number of phenols is 2. The number of hydrazine groups is 2. The summed E-state index contributed by atoms with van der Waals surface area (Å²) < 4.78 is 0. The first-order chi connectivity index (χ1) is 20.0. The number of benzene rings is 2. The Morgan fingerprint density at radius 3 is 1.49 bits per heavy atom. The van der Waals surface area contributed by atoms with E-state index in [1.54, 1.807) is 20.8 Å². The number of aromatic nitrogens is 1. The van der Waals surface area contributed by atoms with E-state index in [4.69, 9.17) is 33.4 Å². The number of aromatic hydroxyl groups is 2. The number of anilines is 2. The number of nitrogens with zero attached hydrogens (tertiary/aromatic N) is 3. The van der Waals surface area contributed by atoms with Crippen molar-refractivity contribution in [3.8, 4) is 11.5 Å². The van der Waals surface area contributed by atoms with Gasteiger partial charge in [-0.25, -0.2) is 26.3 Å². The third-order valence-corrected chi connectivity index (χ3v) is 5.74. The van der Waals surface area contributed by atoms with Gasteiger partial charge in [0.1, 0.15) is 22.6 Å². The molecule has 15 heteroatoms. The van der Waals surface area contributed by atoms with Crippen LogP contribution in [0.15, 0.2) is 60.9 Å². The summed E-state index contributed by atoms with van der Waals surface area (Å²) >= 11 is 0. The molecule has 1 heterocycles. The summed E-state index contributed by atoms with van der Waals surface area (Å²) in [6, 6.07) is 10.1. The minimum Gasteiger partial charge on any atom is -0.507 e. The van der Waals surface area contributed by atoms with Crippen LogP contribution in [0.2, 0.25) is 0 Å². The number of carboxylic acids is 2. The Bertz CT molecular complexity index is 1540. The molecule has 43 heavy (non-hydrogen) atoms. The van der Waals surface area contributed by atoms with Gasteiger partial charge in [-0.05, 0) is 57.2 Å². The molecule has 2 aromatic carbocycles. The normalized spacial score (nSPS) is 12.0. The number of amides is 1. The number of aromatic carboxylic acids is 2. The van der Waals surface area contributed by atoms with Crippen LogP contribution in [0.1, 0.15) is 63.2 Å². The molecule has 15 nitrogen and oxygen atoms in total. The van der Waals surface area contributed by atoms with Crippen molar-refractivity contribution in [2.75, 3.05) is 10.0 Å². The Hall–Kier alpha value is -5.80. The van der Waals surface area contributed by atoms with E-state index in [0.717, 1.165) is 22.2 Å². The molecule has 1 aromatic heterocycles. The van der Waals surface area contributed by atoms with Gasteiger partial charge in [0.2, 0.25) is 0 Å². The first-order valence-corrected chi connectivity index (χ1v) is 12.5. The molecule has 0 spiro atoms. The maximum absolute atomic E-state index is 13.1. The molecule has 0 radical (unpaired) electrons. The van der Waals surface area contributed by atoms with Crippen LogP contribution in [-0.4, -0.2) is 48.8 Å². The summed E-state index contributed by atoms with van der Waals surface area (Å²) in [5.41, 5.74) is 12.0. The zero-order valence-electron chi connectivity index (χ0n) is 23.4. The number of carboxylic acid groups (broad SMARTS) is 2. The van der Waals surface area contributed by atoms with Gasteiger partial charge in [0.05, 0.1) is 34.2 Å². The molecule has 0 unspecified atom stereocenters. The van der Waals surface area contributed by atoms with E-state index >= 15 is 0 Å². The summed E-state index contributed by atoms with van der Waals surface area (Å²) in [7, 11) is 0. The molecule has 1 amide bonds. The van der Waals surface area contributed by atoms with Crippen molar-refractivity contribution >= 4 is 40.6 Å². The van der Waals surface area contributed by atoms with E-state index < -0.39 is 34.9 Å². The van der Waals surface area contributed by atoms with E-state index in [-0.39, 0.29) is 50.8 Å². The van der Waals surface area contributed by atoms with Crippen LogP contribution in [0.3, 0.4) is 0 Å². The maximum Gasteiger partial charge on any atom is 0.339 e. The van der Waals surface area contributed by atoms with Crippen LogP contribution in [0.25, 0.3) is 11.4 Å². The smallest absolute Gasteiger partial charge is 0.339 e. The molecular weight excluding hydrogens is 560 g/mol. The second-order valence-corrected chi connectivity index (χ2v) is 10.3. The number of nitrogens with one attached hydrogen (secondary N) is 1. The number of carbonyl (C=O) groups excluding carboxylic acids is 1. The molecule has 13 N–H and O–H groups in total. The summed E-state index contributed by atoms with van der Waals surface area (Å²) in [5.74, 6) is 8.03. The van der Waals surface area contributed by atoms with Gasteiger partial charge in [-0.2, -0.15) is 0 Å². The van der Waals surface area contributed by atoms with Gasteiger partial charge in [0.15, 0.2) is 0 Å². The first kappa shape index (κ1) is 31.7. The Morgan fingerprint density at radius 2 is 1.16 bits per heavy atom. The summed E-state index contributed by atoms with van der Waals surface area (Å²) in [5, 5.41) is 43.2. The zero-order chi connectivity index (χ0) is 32.2. The zero-order valence-corrected chi connectivity index (χ0v) is 23.4. The van der Waals surface area contributed by atoms with Crippen LogP contribution >= 0.6 is 0 Å². The van der Waals surface area contributed by atoms with E-state index in [2.05, 4.69) is 10.3 Å². The second kappa shape index (κ2) is 12.4. The molecule has 0 saturated heterocycles. The van der Waals surface area contributed by atoms with Gasteiger partial charge >= 0.3 is 11.9 Å². The van der Waals surface area contributed by atoms with Crippen LogP contribution in [0.5, 0.6) is 11.5 Å². The minimum atomic E-state index is -1.32. The molecule has 0 saturated carbocycles. The molecule has 226 valence electrons. The fourth-order valence-electron chi connectivity index (χ4n) is 3.67. The monoisotopic (exact) mass is 592 g/mol. The lowest BCUT2D eigenvalue weighted by molar-refractivity contribution is 0.0682. The lowest BCUT2D eigenvalue weighted by atomic mass is 10.1. The molecule has 3 aromatic rings. The quantitative estimate of drug-likeness (QED) is 0.126. The summed E-state index contributed by atoms with van der Waals surface area (Å²) in [6.07, 6.45) is 2.49. The van der Waals surface area contributed by atoms with Crippen LogP contribution < -0.4 is 38.5 Å². The summed E-state index contributed by atoms with van der Waals surface area (Å²) in [6.45, 7) is 5.39. The largest absolute Gasteiger partial charge is 0.507 e. The number of rotatable bonds is 9. The van der Waals surface area contributed by atoms with Gasteiger partial charge in [-0.15, -0.1) is 0 Å². The fourth-order valence-corrected chi connectivity index (χ4v) is 3.67. The average molecular weight is 593 g/mol. The van der Waals surface area contributed by atoms with E-state index in [1.165, 1.54) is 48.8 Å². The molecule has 0 aliphatic heterocycles. The van der Waals surface area contributed by atoms with Crippen LogP contribution in [0, 0.1) is 0 Å². The Kier molecular flexibility index (Phi) is 9.13. The van der Waals surface area contributed by atoms with Crippen molar-refractivity contribution in [2.45, 2.75) is 26.3 Å². The third kappa shape index (κ3) is 7.90. The Balaban J connectivity index is 2.04. The Labute approximate surface area is 245 Å². The second-order valence-electron chi connectivity index (χ2n) is 10.3.